The van der Waals surface area contributed by atoms with Crippen molar-refractivity contribution in [2.75, 3.05) is 13.6 Å². The molecule has 0 bridgehead atoms. The Morgan fingerprint density at radius 2 is 1.94 bits per heavy atom. The first-order chi connectivity index (χ1) is 7.48. The second-order valence-electron chi connectivity index (χ2n) is 3.19. The minimum atomic E-state index is -3.61. The standard InChI is InChI=1S/C10H11FN2O2S/c1-13(8-2-7-12)16(14,15)10-5-3-9(11)4-6-10/h3-6H,2,8H2,1H3. The lowest BCUT2D eigenvalue weighted by Gasteiger charge is -2.15. The summed E-state index contributed by atoms with van der Waals surface area (Å²) in [5, 5.41) is 8.37. The number of nitriles is 1. The van der Waals surface area contributed by atoms with Crippen LogP contribution in [-0.4, -0.2) is 26.3 Å². The monoisotopic (exact) mass is 242 g/mol. The van der Waals surface area contributed by atoms with Gasteiger partial charge in [0.25, 0.3) is 0 Å². The molecule has 0 saturated carbocycles. The maximum Gasteiger partial charge on any atom is 0.242 e. The molecule has 0 amide bonds. The molecule has 1 rings (SSSR count). The van der Waals surface area contributed by atoms with E-state index in [9.17, 15) is 12.8 Å². The van der Waals surface area contributed by atoms with Gasteiger partial charge < -0.3 is 0 Å². The van der Waals surface area contributed by atoms with Crippen molar-refractivity contribution in [2.24, 2.45) is 0 Å². The molecule has 0 aliphatic heterocycles. The van der Waals surface area contributed by atoms with Crippen molar-refractivity contribution in [3.63, 3.8) is 0 Å². The molecule has 0 N–H and O–H groups in total. The molecule has 6 heteroatoms. The van der Waals surface area contributed by atoms with Gasteiger partial charge in [0, 0.05) is 20.0 Å². The molecule has 1 aromatic carbocycles. The Balaban J connectivity index is 2.94. The van der Waals surface area contributed by atoms with Crippen molar-refractivity contribution >= 4 is 10.0 Å². The van der Waals surface area contributed by atoms with Crippen molar-refractivity contribution in [2.45, 2.75) is 11.3 Å². The topological polar surface area (TPSA) is 61.2 Å². The fourth-order valence-electron chi connectivity index (χ4n) is 1.11. The molecule has 0 saturated heterocycles. The molecule has 0 unspecified atom stereocenters. The smallest absolute Gasteiger partial charge is 0.207 e. The van der Waals surface area contributed by atoms with Crippen LogP contribution in [0.5, 0.6) is 0 Å². The zero-order valence-corrected chi connectivity index (χ0v) is 9.54. The Kier molecular flexibility index (Phi) is 3.99. The van der Waals surface area contributed by atoms with Gasteiger partial charge in [0.05, 0.1) is 11.0 Å². The summed E-state index contributed by atoms with van der Waals surface area (Å²) in [7, 11) is -2.23. The Hall–Kier alpha value is -1.45. The molecule has 0 atom stereocenters. The number of sulfonamides is 1. The fraction of sp³-hybridized carbons (Fsp3) is 0.300. The summed E-state index contributed by atoms with van der Waals surface area (Å²) in [6.45, 7) is 0.121. The molecule has 0 aliphatic rings. The van der Waals surface area contributed by atoms with Gasteiger partial charge in [-0.25, -0.2) is 12.8 Å². The normalized spacial score (nSPS) is 11.4. The third kappa shape index (κ3) is 2.78. The molecule has 0 aliphatic carbocycles. The van der Waals surface area contributed by atoms with E-state index >= 15 is 0 Å². The van der Waals surface area contributed by atoms with Gasteiger partial charge in [-0.2, -0.15) is 9.57 Å². The van der Waals surface area contributed by atoms with Crippen molar-refractivity contribution in [1.29, 1.82) is 5.26 Å². The molecule has 0 spiro atoms. The number of halogens is 1. The Labute approximate surface area is 94.0 Å². The van der Waals surface area contributed by atoms with Gasteiger partial charge in [0.15, 0.2) is 0 Å². The Bertz CT molecular complexity index is 491. The molecule has 86 valence electrons. The van der Waals surface area contributed by atoms with E-state index in [1.807, 2.05) is 6.07 Å². The highest BCUT2D eigenvalue weighted by Crippen LogP contribution is 2.14. The van der Waals surface area contributed by atoms with Crippen LogP contribution in [0.1, 0.15) is 6.42 Å². The zero-order chi connectivity index (χ0) is 12.2. The second-order valence-corrected chi connectivity index (χ2v) is 5.23. The summed E-state index contributed by atoms with van der Waals surface area (Å²) in [5.41, 5.74) is 0. The lowest BCUT2D eigenvalue weighted by molar-refractivity contribution is 0.476. The summed E-state index contributed by atoms with van der Waals surface area (Å²) in [6, 6.07) is 6.45. The van der Waals surface area contributed by atoms with Gasteiger partial charge in [-0.1, -0.05) is 0 Å². The number of hydrogen-bond donors (Lipinski definition) is 0. The minimum absolute atomic E-state index is 0.0225. The summed E-state index contributed by atoms with van der Waals surface area (Å²) >= 11 is 0. The van der Waals surface area contributed by atoms with Crippen molar-refractivity contribution in [3.8, 4) is 6.07 Å². The third-order valence-electron chi connectivity index (χ3n) is 2.06. The van der Waals surface area contributed by atoms with Crippen LogP contribution in [0.2, 0.25) is 0 Å². The van der Waals surface area contributed by atoms with Crippen LogP contribution in [0.3, 0.4) is 0 Å². The minimum Gasteiger partial charge on any atom is -0.207 e. The van der Waals surface area contributed by atoms with Gasteiger partial charge in [-0.15, -0.1) is 0 Å². The third-order valence-corrected chi connectivity index (χ3v) is 3.93. The first-order valence-electron chi connectivity index (χ1n) is 4.57. The van der Waals surface area contributed by atoms with E-state index in [0.29, 0.717) is 0 Å². The van der Waals surface area contributed by atoms with E-state index in [4.69, 9.17) is 5.26 Å². The van der Waals surface area contributed by atoms with E-state index in [2.05, 4.69) is 0 Å². The van der Waals surface area contributed by atoms with Crippen molar-refractivity contribution in [3.05, 3.63) is 30.1 Å². The number of nitrogens with zero attached hydrogens (tertiary/aromatic N) is 2. The van der Waals surface area contributed by atoms with Crippen molar-refractivity contribution < 1.29 is 12.8 Å². The van der Waals surface area contributed by atoms with Crippen LogP contribution in [0.25, 0.3) is 0 Å². The average molecular weight is 242 g/mol. The Morgan fingerprint density at radius 3 is 2.44 bits per heavy atom. The fourth-order valence-corrected chi connectivity index (χ4v) is 2.29. The molecule has 0 radical (unpaired) electrons. The number of rotatable bonds is 4. The maximum atomic E-state index is 12.6. The van der Waals surface area contributed by atoms with E-state index in [1.165, 1.54) is 19.2 Å². The molecule has 4 nitrogen and oxygen atoms in total. The lowest BCUT2D eigenvalue weighted by Crippen LogP contribution is -2.27. The summed E-state index contributed by atoms with van der Waals surface area (Å²) in [4.78, 5) is 0.0225. The van der Waals surface area contributed by atoms with Gasteiger partial charge in [0.2, 0.25) is 10.0 Å². The predicted molar refractivity (Wildman–Crippen MR) is 56.4 cm³/mol. The highest BCUT2D eigenvalue weighted by Gasteiger charge is 2.19. The summed E-state index contributed by atoms with van der Waals surface area (Å²) in [5.74, 6) is -0.487. The van der Waals surface area contributed by atoms with Gasteiger partial charge in [-0.05, 0) is 24.3 Å². The number of hydrogen-bond acceptors (Lipinski definition) is 3. The molecule has 0 heterocycles. The largest absolute Gasteiger partial charge is 0.242 e. The van der Waals surface area contributed by atoms with Gasteiger partial charge in [-0.3, -0.25) is 0 Å². The highest BCUT2D eigenvalue weighted by molar-refractivity contribution is 7.89. The van der Waals surface area contributed by atoms with E-state index in [0.717, 1.165) is 16.4 Å². The van der Waals surface area contributed by atoms with Crippen LogP contribution in [0.15, 0.2) is 29.2 Å². The van der Waals surface area contributed by atoms with Gasteiger partial charge in [0.1, 0.15) is 5.82 Å². The molecule has 1 aromatic rings. The zero-order valence-electron chi connectivity index (χ0n) is 8.72. The molecule has 0 fully saturated rings. The predicted octanol–water partition coefficient (Wildman–Crippen LogP) is 1.36. The lowest BCUT2D eigenvalue weighted by atomic mass is 10.4. The quantitative estimate of drug-likeness (QED) is 0.801. The van der Waals surface area contributed by atoms with Crippen LogP contribution >= 0.6 is 0 Å². The SMILES string of the molecule is CN(CCC#N)S(=O)(=O)c1ccc(F)cc1. The maximum absolute atomic E-state index is 12.6. The Morgan fingerprint density at radius 1 is 1.38 bits per heavy atom. The highest BCUT2D eigenvalue weighted by atomic mass is 32.2. The molecule has 0 aromatic heterocycles. The van der Waals surface area contributed by atoms with Crippen molar-refractivity contribution in [1.82, 2.24) is 4.31 Å². The van der Waals surface area contributed by atoms with E-state index in [-0.39, 0.29) is 17.9 Å². The van der Waals surface area contributed by atoms with E-state index in [1.54, 1.807) is 0 Å². The molecular weight excluding hydrogens is 231 g/mol. The van der Waals surface area contributed by atoms with Crippen LogP contribution in [0, 0.1) is 17.1 Å². The summed E-state index contributed by atoms with van der Waals surface area (Å²) < 4.78 is 37.4. The first-order valence-corrected chi connectivity index (χ1v) is 6.01. The van der Waals surface area contributed by atoms with Crippen LogP contribution in [0.4, 0.5) is 4.39 Å². The molecule has 16 heavy (non-hydrogen) atoms. The summed E-state index contributed by atoms with van der Waals surface area (Å²) in [6.07, 6.45) is 0.122. The second kappa shape index (κ2) is 5.05. The van der Waals surface area contributed by atoms with Gasteiger partial charge >= 0.3 is 0 Å². The first kappa shape index (κ1) is 12.6. The number of benzene rings is 1. The molecular formula is C10H11FN2O2S. The van der Waals surface area contributed by atoms with E-state index < -0.39 is 15.8 Å². The average Bonchev–Trinajstić information content (AvgIpc) is 2.26. The van der Waals surface area contributed by atoms with Crippen LogP contribution < -0.4 is 0 Å². The van der Waals surface area contributed by atoms with Crippen LogP contribution in [-0.2, 0) is 10.0 Å².